The van der Waals surface area contributed by atoms with Gasteiger partial charge in [-0.1, -0.05) is 12.8 Å². The quantitative estimate of drug-likeness (QED) is 0.845. The van der Waals surface area contributed by atoms with Gasteiger partial charge in [0.05, 0.1) is 24.9 Å². The first-order valence-corrected chi connectivity index (χ1v) is 8.81. The molecule has 128 valence electrons. The molecule has 1 spiro atoms. The monoisotopic (exact) mass is 320 g/mol. The molecule has 1 saturated heterocycles. The van der Waals surface area contributed by atoms with Crippen LogP contribution < -0.4 is 5.32 Å². The Morgan fingerprint density at radius 2 is 2.22 bits per heavy atom. The van der Waals surface area contributed by atoms with Crippen molar-refractivity contribution in [2.75, 3.05) is 26.2 Å². The Bertz CT molecular complexity index is 522. The molecule has 3 rings (SSSR count). The van der Waals surface area contributed by atoms with Crippen LogP contribution in [0, 0.1) is 0 Å². The maximum absolute atomic E-state index is 12.3. The summed E-state index contributed by atoms with van der Waals surface area (Å²) in [6.45, 7) is 2.88. The minimum Gasteiger partial charge on any atom is -0.371 e. The second kappa shape index (κ2) is 7.34. The van der Waals surface area contributed by atoms with Crippen LogP contribution in [-0.4, -0.2) is 52.6 Å². The number of carbonyl (C=O) groups excluding carboxylic acids is 1. The Hall–Kier alpha value is -1.56. The first kappa shape index (κ1) is 16.3. The Kier molecular flexibility index (Phi) is 5.20. The number of morpholine rings is 1. The van der Waals surface area contributed by atoms with E-state index in [0.29, 0.717) is 13.2 Å². The molecule has 1 N–H and O–H groups in total. The van der Waals surface area contributed by atoms with Crippen molar-refractivity contribution in [3.63, 3.8) is 0 Å². The van der Waals surface area contributed by atoms with Gasteiger partial charge < -0.3 is 15.0 Å². The molecule has 1 aliphatic carbocycles. The van der Waals surface area contributed by atoms with Crippen molar-refractivity contribution >= 4 is 6.03 Å². The van der Waals surface area contributed by atoms with E-state index in [1.807, 2.05) is 29.0 Å². The average Bonchev–Trinajstić information content (AvgIpc) is 3.16. The average molecular weight is 320 g/mol. The fraction of sp³-hybridized carbons (Fsp3) is 0.765. The number of nitrogens with one attached hydrogen (secondary N) is 1. The lowest BCUT2D eigenvalue weighted by atomic mass is 10.00. The van der Waals surface area contributed by atoms with E-state index in [4.69, 9.17) is 4.74 Å². The summed E-state index contributed by atoms with van der Waals surface area (Å²) in [5.41, 5.74) is 1.21. The van der Waals surface area contributed by atoms with Gasteiger partial charge >= 0.3 is 6.03 Å². The lowest BCUT2D eigenvalue weighted by Crippen LogP contribution is -2.55. The van der Waals surface area contributed by atoms with Crippen LogP contribution in [0.4, 0.5) is 4.79 Å². The van der Waals surface area contributed by atoms with E-state index < -0.39 is 0 Å². The molecular formula is C17H28N4O2. The molecular weight excluding hydrogens is 292 g/mol. The van der Waals surface area contributed by atoms with E-state index in [-0.39, 0.29) is 11.6 Å². The van der Waals surface area contributed by atoms with Gasteiger partial charge in [-0.25, -0.2) is 4.79 Å². The first-order valence-electron chi connectivity index (χ1n) is 8.81. The number of urea groups is 1. The fourth-order valence-corrected chi connectivity index (χ4v) is 3.70. The SMILES string of the molecule is Cn1cc(CCCCNC(=O)N2CCOC3(CCCC3)C2)cn1. The second-order valence-corrected chi connectivity index (χ2v) is 6.87. The molecule has 1 saturated carbocycles. The number of hydrogen-bond acceptors (Lipinski definition) is 3. The number of rotatable bonds is 5. The zero-order valence-electron chi connectivity index (χ0n) is 14.1. The summed E-state index contributed by atoms with van der Waals surface area (Å²) in [4.78, 5) is 14.3. The van der Waals surface area contributed by atoms with E-state index in [0.717, 1.165) is 45.2 Å². The normalized spacial score (nSPS) is 20.1. The summed E-state index contributed by atoms with van der Waals surface area (Å²) in [5, 5.41) is 7.23. The lowest BCUT2D eigenvalue weighted by Gasteiger charge is -2.40. The molecule has 1 aromatic heterocycles. The van der Waals surface area contributed by atoms with Gasteiger partial charge in [0.25, 0.3) is 0 Å². The molecule has 1 aromatic rings. The van der Waals surface area contributed by atoms with Crippen LogP contribution in [0.15, 0.2) is 12.4 Å². The number of amides is 2. The van der Waals surface area contributed by atoms with Gasteiger partial charge in [0.1, 0.15) is 0 Å². The van der Waals surface area contributed by atoms with E-state index in [1.54, 1.807) is 0 Å². The van der Waals surface area contributed by atoms with E-state index in [2.05, 4.69) is 10.4 Å². The van der Waals surface area contributed by atoms with Crippen LogP contribution in [0.3, 0.4) is 0 Å². The number of hydrogen-bond donors (Lipinski definition) is 1. The number of carbonyl (C=O) groups is 1. The zero-order valence-corrected chi connectivity index (χ0v) is 14.1. The highest BCUT2D eigenvalue weighted by Crippen LogP contribution is 2.35. The summed E-state index contributed by atoms with van der Waals surface area (Å²) >= 11 is 0. The number of nitrogens with zero attached hydrogens (tertiary/aromatic N) is 3. The van der Waals surface area contributed by atoms with Crippen LogP contribution in [0.25, 0.3) is 0 Å². The standard InChI is InChI=1S/C17H28N4O2/c1-20-13-15(12-19-20)6-2-5-9-18-16(22)21-10-11-23-17(14-21)7-3-4-8-17/h12-13H,2-11,14H2,1H3,(H,18,22). The Labute approximate surface area is 138 Å². The van der Waals surface area contributed by atoms with Gasteiger partial charge in [-0.05, 0) is 37.7 Å². The van der Waals surface area contributed by atoms with Crippen molar-refractivity contribution in [3.8, 4) is 0 Å². The van der Waals surface area contributed by atoms with E-state index >= 15 is 0 Å². The molecule has 1 aliphatic heterocycles. The molecule has 0 atom stereocenters. The molecule has 6 nitrogen and oxygen atoms in total. The highest BCUT2D eigenvalue weighted by molar-refractivity contribution is 5.74. The first-order chi connectivity index (χ1) is 11.2. The molecule has 6 heteroatoms. The van der Waals surface area contributed by atoms with Crippen molar-refractivity contribution in [2.24, 2.45) is 7.05 Å². The predicted octanol–water partition coefficient (Wildman–Crippen LogP) is 2.10. The van der Waals surface area contributed by atoms with Crippen LogP contribution >= 0.6 is 0 Å². The number of aryl methyl sites for hydroxylation is 2. The molecule has 0 unspecified atom stereocenters. The Morgan fingerprint density at radius 1 is 1.39 bits per heavy atom. The van der Waals surface area contributed by atoms with E-state index in [1.165, 1.54) is 18.4 Å². The number of ether oxygens (including phenoxy) is 1. The summed E-state index contributed by atoms with van der Waals surface area (Å²) in [6, 6.07) is 0.0703. The predicted molar refractivity (Wildman–Crippen MR) is 88.3 cm³/mol. The largest absolute Gasteiger partial charge is 0.371 e. The maximum atomic E-state index is 12.3. The highest BCUT2D eigenvalue weighted by atomic mass is 16.5. The van der Waals surface area contributed by atoms with Crippen LogP contribution in [0.2, 0.25) is 0 Å². The summed E-state index contributed by atoms with van der Waals surface area (Å²) in [7, 11) is 1.93. The minimum absolute atomic E-state index is 0.0457. The third-order valence-electron chi connectivity index (χ3n) is 4.98. The van der Waals surface area contributed by atoms with Gasteiger partial charge in [-0.3, -0.25) is 4.68 Å². The van der Waals surface area contributed by atoms with Crippen LogP contribution in [0.5, 0.6) is 0 Å². The molecule has 2 amide bonds. The van der Waals surface area contributed by atoms with Gasteiger partial charge in [-0.15, -0.1) is 0 Å². The molecule has 0 radical (unpaired) electrons. The lowest BCUT2D eigenvalue weighted by molar-refractivity contribution is -0.0925. The van der Waals surface area contributed by atoms with Crippen molar-refractivity contribution in [2.45, 2.75) is 50.5 Å². The minimum atomic E-state index is -0.0457. The maximum Gasteiger partial charge on any atom is 0.317 e. The van der Waals surface area contributed by atoms with E-state index in [9.17, 15) is 4.79 Å². The zero-order chi connectivity index (χ0) is 16.1. The van der Waals surface area contributed by atoms with Crippen LogP contribution in [0.1, 0.15) is 44.1 Å². The summed E-state index contributed by atoms with van der Waals surface area (Å²) in [6.07, 6.45) is 11.7. The van der Waals surface area contributed by atoms with Gasteiger partial charge in [0, 0.05) is 26.3 Å². The topological polar surface area (TPSA) is 59.4 Å². The van der Waals surface area contributed by atoms with Crippen molar-refractivity contribution in [1.82, 2.24) is 20.0 Å². The third kappa shape index (κ3) is 4.25. The number of unbranched alkanes of at least 4 members (excludes halogenated alkanes) is 1. The molecule has 0 aromatic carbocycles. The van der Waals surface area contributed by atoms with Crippen molar-refractivity contribution in [3.05, 3.63) is 18.0 Å². The van der Waals surface area contributed by atoms with Gasteiger partial charge in [-0.2, -0.15) is 5.10 Å². The third-order valence-corrected chi connectivity index (χ3v) is 4.98. The molecule has 2 heterocycles. The molecule has 23 heavy (non-hydrogen) atoms. The smallest absolute Gasteiger partial charge is 0.317 e. The van der Waals surface area contributed by atoms with Crippen molar-refractivity contribution < 1.29 is 9.53 Å². The van der Waals surface area contributed by atoms with Gasteiger partial charge in [0.2, 0.25) is 0 Å². The summed E-state index contributed by atoms with van der Waals surface area (Å²) < 4.78 is 7.80. The molecule has 2 aliphatic rings. The summed E-state index contributed by atoms with van der Waals surface area (Å²) in [5.74, 6) is 0. The molecule has 2 fully saturated rings. The van der Waals surface area contributed by atoms with Gasteiger partial charge in [0.15, 0.2) is 0 Å². The number of aromatic nitrogens is 2. The highest BCUT2D eigenvalue weighted by Gasteiger charge is 2.40. The fourth-order valence-electron chi connectivity index (χ4n) is 3.70. The molecule has 0 bridgehead atoms. The van der Waals surface area contributed by atoms with Crippen LogP contribution in [-0.2, 0) is 18.2 Å². The van der Waals surface area contributed by atoms with Crippen molar-refractivity contribution in [1.29, 1.82) is 0 Å². The Morgan fingerprint density at radius 3 is 2.96 bits per heavy atom. The Balaban J connectivity index is 1.34. The second-order valence-electron chi connectivity index (χ2n) is 6.87.